The number of rotatable bonds is 7. The molecule has 1 rings (SSSR count). The lowest BCUT2D eigenvalue weighted by atomic mass is 10.1. The average Bonchev–Trinajstić information content (AvgIpc) is 2.49. The molecule has 0 aliphatic rings. The molecule has 0 heterocycles. The Morgan fingerprint density at radius 3 is 2.50 bits per heavy atom. The fourth-order valence-electron chi connectivity index (χ4n) is 1.92. The van der Waals surface area contributed by atoms with Crippen LogP contribution in [0.3, 0.4) is 0 Å². The summed E-state index contributed by atoms with van der Waals surface area (Å²) in [7, 11) is 1.60. The van der Waals surface area contributed by atoms with Crippen molar-refractivity contribution in [3.05, 3.63) is 23.8 Å². The number of aliphatic hydroxyl groups excluding tert-OH is 1. The molecule has 138 valence electrons. The molecular formula is C17H30IN3O3. The molecule has 0 aromatic heterocycles. The molecule has 3 N–H and O–H groups in total. The summed E-state index contributed by atoms with van der Waals surface area (Å²) >= 11 is 0. The summed E-state index contributed by atoms with van der Waals surface area (Å²) in [5.74, 6) is 2.04. The molecule has 6 nitrogen and oxygen atoms in total. The van der Waals surface area contributed by atoms with Crippen molar-refractivity contribution in [2.45, 2.75) is 39.8 Å². The van der Waals surface area contributed by atoms with E-state index in [1.165, 1.54) is 0 Å². The molecule has 0 saturated heterocycles. The number of aliphatic hydroxyl groups is 1. The molecule has 0 amide bonds. The molecule has 0 saturated carbocycles. The van der Waals surface area contributed by atoms with Gasteiger partial charge in [0.25, 0.3) is 0 Å². The maximum atomic E-state index is 8.84. The highest BCUT2D eigenvalue weighted by atomic mass is 127. The second kappa shape index (κ2) is 11.4. The van der Waals surface area contributed by atoms with E-state index >= 15 is 0 Å². The molecular weight excluding hydrogens is 421 g/mol. The number of hydrogen-bond donors (Lipinski definition) is 3. The van der Waals surface area contributed by atoms with Gasteiger partial charge >= 0.3 is 0 Å². The van der Waals surface area contributed by atoms with Crippen LogP contribution >= 0.6 is 24.0 Å². The molecule has 24 heavy (non-hydrogen) atoms. The van der Waals surface area contributed by atoms with E-state index in [-0.39, 0.29) is 42.7 Å². The number of hydrogen-bond acceptors (Lipinski definition) is 4. The molecule has 0 atom stereocenters. The Hall–Kier alpha value is -1.22. The molecule has 7 heteroatoms. The van der Waals surface area contributed by atoms with Gasteiger partial charge in [-0.1, -0.05) is 6.07 Å². The van der Waals surface area contributed by atoms with Crippen molar-refractivity contribution in [1.29, 1.82) is 0 Å². The lowest BCUT2D eigenvalue weighted by Gasteiger charge is -2.23. The summed E-state index contributed by atoms with van der Waals surface area (Å²) in [6.07, 6.45) is 0. The normalized spacial score (nSPS) is 11.5. The minimum atomic E-state index is -0.0549. The summed E-state index contributed by atoms with van der Waals surface area (Å²) < 4.78 is 10.8. The predicted molar refractivity (Wildman–Crippen MR) is 109 cm³/mol. The van der Waals surface area contributed by atoms with Gasteiger partial charge in [-0.05, 0) is 45.4 Å². The van der Waals surface area contributed by atoms with Crippen LogP contribution in [0.4, 0.5) is 0 Å². The number of ether oxygens (including phenoxy) is 2. The van der Waals surface area contributed by atoms with Gasteiger partial charge in [0.2, 0.25) is 0 Å². The first-order valence-corrected chi connectivity index (χ1v) is 7.86. The van der Waals surface area contributed by atoms with Gasteiger partial charge in [-0.15, -0.1) is 24.0 Å². The number of nitrogens with zero attached hydrogens (tertiary/aromatic N) is 1. The minimum Gasteiger partial charge on any atom is -0.493 e. The quantitative estimate of drug-likeness (QED) is 0.338. The van der Waals surface area contributed by atoms with E-state index < -0.39 is 0 Å². The number of methoxy groups -OCH3 is 1. The molecule has 1 aromatic rings. The summed E-state index contributed by atoms with van der Waals surface area (Å²) in [6.45, 7) is 9.87. The second-order valence-electron chi connectivity index (χ2n) is 6.13. The smallest absolute Gasteiger partial charge is 0.191 e. The zero-order valence-corrected chi connectivity index (χ0v) is 17.5. The predicted octanol–water partition coefficient (Wildman–Crippen LogP) is 2.54. The Bertz CT molecular complexity index is 516. The highest BCUT2D eigenvalue weighted by molar-refractivity contribution is 14.0. The third kappa shape index (κ3) is 8.58. The van der Waals surface area contributed by atoms with Crippen LogP contribution in [0, 0.1) is 0 Å². The van der Waals surface area contributed by atoms with E-state index in [0.29, 0.717) is 18.0 Å². The maximum Gasteiger partial charge on any atom is 0.191 e. The van der Waals surface area contributed by atoms with Gasteiger partial charge in [0.1, 0.15) is 6.61 Å². The van der Waals surface area contributed by atoms with Crippen LogP contribution < -0.4 is 20.1 Å². The van der Waals surface area contributed by atoms with Gasteiger partial charge in [0, 0.05) is 12.1 Å². The van der Waals surface area contributed by atoms with Crippen molar-refractivity contribution >= 4 is 29.9 Å². The van der Waals surface area contributed by atoms with Crippen LogP contribution in [0.25, 0.3) is 0 Å². The van der Waals surface area contributed by atoms with Crippen LogP contribution in [0.2, 0.25) is 0 Å². The molecule has 1 aromatic carbocycles. The first-order chi connectivity index (χ1) is 10.9. The number of benzene rings is 1. The fourth-order valence-corrected chi connectivity index (χ4v) is 1.92. The summed E-state index contributed by atoms with van der Waals surface area (Å²) in [5.41, 5.74) is 0.963. The Morgan fingerprint density at radius 2 is 1.96 bits per heavy atom. The largest absolute Gasteiger partial charge is 0.493 e. The van der Waals surface area contributed by atoms with E-state index in [4.69, 9.17) is 14.6 Å². The lowest BCUT2D eigenvalue weighted by molar-refractivity contribution is 0.196. The number of nitrogens with one attached hydrogen (secondary N) is 2. The van der Waals surface area contributed by atoms with Crippen molar-refractivity contribution in [2.75, 3.05) is 26.9 Å². The summed E-state index contributed by atoms with van der Waals surface area (Å²) in [5, 5.41) is 15.4. The van der Waals surface area contributed by atoms with Gasteiger partial charge in [-0.25, -0.2) is 4.99 Å². The zero-order chi connectivity index (χ0) is 17.3. The molecule has 0 radical (unpaired) electrons. The molecule has 0 aliphatic heterocycles. The SMILES string of the molecule is CCNC(=NCc1ccc(OCCO)c(OC)c1)NC(C)(C)C.I. The van der Waals surface area contributed by atoms with Crippen molar-refractivity contribution < 1.29 is 14.6 Å². The molecule has 0 fully saturated rings. The van der Waals surface area contributed by atoms with Gasteiger partial charge < -0.3 is 25.2 Å². The third-order valence-corrected chi connectivity index (χ3v) is 2.83. The van der Waals surface area contributed by atoms with Gasteiger partial charge in [-0.2, -0.15) is 0 Å². The van der Waals surface area contributed by atoms with E-state index in [9.17, 15) is 0 Å². The molecule has 0 aliphatic carbocycles. The minimum absolute atomic E-state index is 0. The highest BCUT2D eigenvalue weighted by Gasteiger charge is 2.12. The van der Waals surface area contributed by atoms with Gasteiger partial charge in [0.15, 0.2) is 17.5 Å². The number of halogens is 1. The van der Waals surface area contributed by atoms with Gasteiger partial charge in [-0.3, -0.25) is 0 Å². The standard InChI is InChI=1S/C17H29N3O3.HI/c1-6-18-16(20-17(2,3)4)19-12-13-7-8-14(23-10-9-21)15(11-13)22-5;/h7-8,11,21H,6,9-10,12H2,1-5H3,(H2,18,19,20);1H. The Kier molecular flexibility index (Phi) is 10.8. The summed E-state index contributed by atoms with van der Waals surface area (Å²) in [6, 6.07) is 5.68. The van der Waals surface area contributed by atoms with Crippen LogP contribution in [0.15, 0.2) is 23.2 Å². The summed E-state index contributed by atoms with van der Waals surface area (Å²) in [4.78, 5) is 4.59. The Balaban J connectivity index is 0.00000529. The first-order valence-electron chi connectivity index (χ1n) is 7.86. The highest BCUT2D eigenvalue weighted by Crippen LogP contribution is 2.28. The second-order valence-corrected chi connectivity index (χ2v) is 6.13. The average molecular weight is 451 g/mol. The van der Waals surface area contributed by atoms with Crippen molar-refractivity contribution in [1.82, 2.24) is 10.6 Å². The lowest BCUT2D eigenvalue weighted by Crippen LogP contribution is -2.47. The van der Waals surface area contributed by atoms with Crippen LogP contribution in [0.5, 0.6) is 11.5 Å². The maximum absolute atomic E-state index is 8.84. The van der Waals surface area contributed by atoms with Crippen LogP contribution in [-0.4, -0.2) is 43.5 Å². The molecule has 0 unspecified atom stereocenters. The van der Waals surface area contributed by atoms with Gasteiger partial charge in [0.05, 0.1) is 20.3 Å². The zero-order valence-electron chi connectivity index (χ0n) is 15.2. The topological polar surface area (TPSA) is 75.1 Å². The van der Waals surface area contributed by atoms with Crippen molar-refractivity contribution in [3.63, 3.8) is 0 Å². The first kappa shape index (κ1) is 22.8. The molecule has 0 bridgehead atoms. The monoisotopic (exact) mass is 451 g/mol. The van der Waals surface area contributed by atoms with Crippen LogP contribution in [0.1, 0.15) is 33.3 Å². The van der Waals surface area contributed by atoms with E-state index in [0.717, 1.165) is 18.1 Å². The van der Waals surface area contributed by atoms with E-state index in [1.54, 1.807) is 7.11 Å². The van der Waals surface area contributed by atoms with Crippen molar-refractivity contribution in [2.24, 2.45) is 4.99 Å². The van der Waals surface area contributed by atoms with Crippen LogP contribution in [-0.2, 0) is 6.54 Å². The van der Waals surface area contributed by atoms with Crippen molar-refractivity contribution in [3.8, 4) is 11.5 Å². The van der Waals surface area contributed by atoms with E-state index in [1.807, 2.05) is 25.1 Å². The number of aliphatic imine (C=N–C) groups is 1. The Labute approximate surface area is 162 Å². The number of guanidine groups is 1. The van der Waals surface area contributed by atoms with E-state index in [2.05, 4.69) is 36.4 Å². The molecule has 0 spiro atoms. The third-order valence-electron chi connectivity index (χ3n) is 2.83. The Morgan fingerprint density at radius 1 is 1.25 bits per heavy atom. The fraction of sp³-hybridized carbons (Fsp3) is 0.588.